The highest BCUT2D eigenvalue weighted by Gasteiger charge is 2.18. The van der Waals surface area contributed by atoms with E-state index in [4.69, 9.17) is 0 Å². The predicted molar refractivity (Wildman–Crippen MR) is 123 cm³/mol. The molecule has 8 heteroatoms. The van der Waals surface area contributed by atoms with E-state index in [-0.39, 0.29) is 5.75 Å². The number of carboxylic acids is 1. The van der Waals surface area contributed by atoms with Gasteiger partial charge in [0.2, 0.25) is 0 Å². The summed E-state index contributed by atoms with van der Waals surface area (Å²) in [6.07, 6.45) is 3.77. The Morgan fingerprint density at radius 2 is 1.97 bits per heavy atom. The summed E-state index contributed by atoms with van der Waals surface area (Å²) >= 11 is 1.21. The van der Waals surface area contributed by atoms with E-state index in [1.807, 2.05) is 48.5 Å². The molecule has 0 spiro atoms. The zero-order valence-electron chi connectivity index (χ0n) is 17.5. The summed E-state index contributed by atoms with van der Waals surface area (Å²) in [6.45, 7) is 2.10. The van der Waals surface area contributed by atoms with Crippen LogP contribution < -0.4 is 0 Å². The van der Waals surface area contributed by atoms with Gasteiger partial charge < -0.3 is 5.11 Å². The van der Waals surface area contributed by atoms with Gasteiger partial charge in [-0.1, -0.05) is 67.6 Å². The highest BCUT2D eigenvalue weighted by molar-refractivity contribution is 7.99. The first kappa shape index (κ1) is 21.5. The van der Waals surface area contributed by atoms with E-state index >= 15 is 0 Å². The summed E-state index contributed by atoms with van der Waals surface area (Å²) in [6, 6.07) is 17.9. The van der Waals surface area contributed by atoms with E-state index in [0.29, 0.717) is 22.8 Å². The van der Waals surface area contributed by atoms with Crippen LogP contribution in [0.3, 0.4) is 0 Å². The van der Waals surface area contributed by atoms with Crippen molar-refractivity contribution in [3.63, 3.8) is 0 Å². The van der Waals surface area contributed by atoms with Crippen LogP contribution in [0.1, 0.15) is 35.7 Å². The van der Waals surface area contributed by atoms with Crippen LogP contribution in [0.2, 0.25) is 0 Å². The first-order chi connectivity index (χ1) is 15.6. The first-order valence-corrected chi connectivity index (χ1v) is 11.2. The summed E-state index contributed by atoms with van der Waals surface area (Å²) in [4.78, 5) is 20.0. The number of aromatic nitrogens is 4. The lowest BCUT2D eigenvalue weighted by Gasteiger charge is -2.15. The number of carbonyl (C=O) groups is 1. The maximum atomic E-state index is 11.2. The van der Waals surface area contributed by atoms with Gasteiger partial charge >= 0.3 is 5.97 Å². The molecule has 0 aliphatic heterocycles. The third-order valence-corrected chi connectivity index (χ3v) is 6.11. The van der Waals surface area contributed by atoms with Crippen molar-refractivity contribution in [1.82, 2.24) is 19.6 Å². The predicted octanol–water partition coefficient (Wildman–Crippen LogP) is 4.38. The largest absolute Gasteiger partial charge is 0.481 e. The fourth-order valence-corrected chi connectivity index (χ4v) is 4.44. The van der Waals surface area contributed by atoms with Crippen LogP contribution in [0.15, 0.2) is 59.9 Å². The Labute approximate surface area is 189 Å². The summed E-state index contributed by atoms with van der Waals surface area (Å²) in [5.41, 5.74) is 5.56. The van der Waals surface area contributed by atoms with Gasteiger partial charge in [-0.05, 0) is 29.2 Å². The van der Waals surface area contributed by atoms with Gasteiger partial charge in [0, 0.05) is 12.0 Å². The van der Waals surface area contributed by atoms with Gasteiger partial charge in [0.05, 0.1) is 23.1 Å². The van der Waals surface area contributed by atoms with Crippen molar-refractivity contribution >= 4 is 23.5 Å². The zero-order valence-corrected chi connectivity index (χ0v) is 18.3. The van der Waals surface area contributed by atoms with E-state index in [1.165, 1.54) is 18.1 Å². The molecular formula is C24H21N5O2S. The van der Waals surface area contributed by atoms with E-state index in [1.54, 1.807) is 4.52 Å². The lowest BCUT2D eigenvalue weighted by molar-refractivity contribution is -0.133. The number of nitriles is 1. The van der Waals surface area contributed by atoms with Gasteiger partial charge in [-0.15, -0.1) is 0 Å². The average molecular weight is 444 g/mol. The minimum Gasteiger partial charge on any atom is -0.481 e. The van der Waals surface area contributed by atoms with Crippen LogP contribution in [-0.4, -0.2) is 36.4 Å². The number of hydrogen-bond acceptors (Lipinski definition) is 6. The van der Waals surface area contributed by atoms with Gasteiger partial charge in [0.25, 0.3) is 5.78 Å². The summed E-state index contributed by atoms with van der Waals surface area (Å²) in [5, 5.41) is 23.6. The number of thioether (sulfide) groups is 1. The number of carboxylic acid groups (broad SMARTS) is 1. The molecule has 0 atom stereocenters. The number of fused-ring (bicyclic) bond motifs is 1. The van der Waals surface area contributed by atoms with Crippen LogP contribution in [0.5, 0.6) is 0 Å². The molecule has 0 fully saturated rings. The van der Waals surface area contributed by atoms with Gasteiger partial charge in [-0.25, -0.2) is 9.50 Å². The van der Waals surface area contributed by atoms with E-state index in [0.717, 1.165) is 40.8 Å². The van der Waals surface area contributed by atoms with Crippen molar-refractivity contribution in [1.29, 1.82) is 5.26 Å². The van der Waals surface area contributed by atoms with Crippen LogP contribution in [0.25, 0.3) is 16.9 Å². The molecular weight excluding hydrogens is 422 g/mol. The quantitative estimate of drug-likeness (QED) is 0.318. The van der Waals surface area contributed by atoms with Crippen molar-refractivity contribution < 1.29 is 9.90 Å². The topological polar surface area (TPSA) is 104 Å². The fourth-order valence-electron chi connectivity index (χ4n) is 3.67. The lowest BCUT2D eigenvalue weighted by Crippen LogP contribution is -2.10. The Hall–Kier alpha value is -3.70. The fraction of sp³-hybridized carbons (Fsp3) is 0.208. The van der Waals surface area contributed by atoms with Crippen molar-refractivity contribution in [3.05, 3.63) is 77.2 Å². The Morgan fingerprint density at radius 1 is 1.19 bits per heavy atom. The normalized spacial score (nSPS) is 10.9. The Bertz CT molecular complexity index is 1310. The van der Waals surface area contributed by atoms with Gasteiger partial charge in [-0.2, -0.15) is 15.3 Å². The minimum absolute atomic E-state index is 0.0697. The van der Waals surface area contributed by atoms with Crippen LogP contribution >= 0.6 is 11.8 Å². The SMILES string of the molecule is CCCc1c(Cc2ccc(-c3ccccc3C#N)cc2)c(SCC(=O)O)nc2ncnn12. The van der Waals surface area contributed by atoms with Crippen molar-refractivity contribution in [2.45, 2.75) is 31.2 Å². The molecule has 2 aromatic carbocycles. The van der Waals surface area contributed by atoms with Crippen molar-refractivity contribution in [2.75, 3.05) is 5.75 Å². The highest BCUT2D eigenvalue weighted by atomic mass is 32.2. The van der Waals surface area contributed by atoms with Crippen molar-refractivity contribution in [2.24, 2.45) is 0 Å². The second kappa shape index (κ2) is 9.62. The van der Waals surface area contributed by atoms with Gasteiger partial charge in [0.15, 0.2) is 0 Å². The second-order valence-electron chi connectivity index (χ2n) is 7.28. The molecule has 7 nitrogen and oxygen atoms in total. The molecule has 0 radical (unpaired) electrons. The number of aryl methyl sites for hydroxylation is 1. The minimum atomic E-state index is -0.887. The molecule has 160 valence electrons. The van der Waals surface area contributed by atoms with Crippen LogP contribution in [0.4, 0.5) is 0 Å². The average Bonchev–Trinajstić information content (AvgIpc) is 3.28. The molecule has 0 aliphatic carbocycles. The van der Waals surface area contributed by atoms with Crippen LogP contribution in [0, 0.1) is 11.3 Å². The Kier molecular flexibility index (Phi) is 6.47. The third kappa shape index (κ3) is 4.48. The molecule has 4 rings (SSSR count). The van der Waals surface area contributed by atoms with E-state index < -0.39 is 5.97 Å². The Balaban J connectivity index is 1.72. The maximum Gasteiger partial charge on any atom is 0.313 e. The molecule has 0 amide bonds. The molecule has 0 saturated carbocycles. The number of rotatable bonds is 8. The third-order valence-electron chi connectivity index (χ3n) is 5.11. The number of hydrogen-bond donors (Lipinski definition) is 1. The molecule has 0 saturated heterocycles. The van der Waals surface area contributed by atoms with Gasteiger partial charge in [-0.3, -0.25) is 4.79 Å². The highest BCUT2D eigenvalue weighted by Crippen LogP contribution is 2.29. The van der Waals surface area contributed by atoms with Crippen LogP contribution in [-0.2, 0) is 17.6 Å². The van der Waals surface area contributed by atoms with Gasteiger partial charge in [0.1, 0.15) is 11.4 Å². The van der Waals surface area contributed by atoms with Crippen molar-refractivity contribution in [3.8, 4) is 17.2 Å². The van der Waals surface area contributed by atoms with E-state index in [2.05, 4.69) is 28.1 Å². The molecule has 0 bridgehead atoms. The molecule has 0 unspecified atom stereocenters. The smallest absolute Gasteiger partial charge is 0.313 e. The lowest BCUT2D eigenvalue weighted by atomic mass is 9.97. The Morgan fingerprint density at radius 3 is 2.69 bits per heavy atom. The molecule has 32 heavy (non-hydrogen) atoms. The number of nitrogens with zero attached hydrogens (tertiary/aromatic N) is 5. The summed E-state index contributed by atoms with van der Waals surface area (Å²) < 4.78 is 1.75. The molecule has 2 aromatic heterocycles. The summed E-state index contributed by atoms with van der Waals surface area (Å²) in [7, 11) is 0. The molecule has 1 N–H and O–H groups in total. The molecule has 2 heterocycles. The number of benzene rings is 2. The first-order valence-electron chi connectivity index (χ1n) is 10.2. The molecule has 4 aromatic rings. The number of aliphatic carboxylic acids is 1. The standard InChI is InChI=1S/C24H21N5O2S/c1-2-5-21-20(23(32-14-22(30)31)28-24-26-15-27-29(21)24)12-16-8-10-17(11-9-16)19-7-4-3-6-18(19)13-25/h3-4,6-11,15H,2,5,12,14H2,1H3,(H,30,31). The zero-order chi connectivity index (χ0) is 22.5. The monoisotopic (exact) mass is 443 g/mol. The van der Waals surface area contributed by atoms with E-state index in [9.17, 15) is 15.2 Å². The maximum absolute atomic E-state index is 11.2. The molecule has 0 aliphatic rings. The summed E-state index contributed by atoms with van der Waals surface area (Å²) in [5.74, 6) is -0.477. The second-order valence-corrected chi connectivity index (χ2v) is 8.24.